The predicted octanol–water partition coefficient (Wildman–Crippen LogP) is 3.15. The number of nitrogens with one attached hydrogen (secondary N) is 4. The zero-order chi connectivity index (χ0) is 26.8. The van der Waals surface area contributed by atoms with Gasteiger partial charge in [-0.05, 0) is 62.6 Å². The molecule has 4 rings (SSSR count). The molecule has 10 heteroatoms. The van der Waals surface area contributed by atoms with Gasteiger partial charge >= 0.3 is 0 Å². The Morgan fingerprint density at radius 2 is 2.14 bits per heavy atom. The molecule has 0 aliphatic carbocycles. The molecule has 0 saturated carbocycles. The lowest BCUT2D eigenvalue weighted by atomic mass is 9.67. The van der Waals surface area contributed by atoms with Gasteiger partial charge in [0.05, 0.1) is 18.7 Å². The molecule has 37 heavy (non-hydrogen) atoms. The number of nitrogens with zero attached hydrogens (tertiary/aromatic N) is 2. The highest BCUT2D eigenvalue weighted by molar-refractivity contribution is 6.03. The Balaban J connectivity index is 1.63. The van der Waals surface area contributed by atoms with Crippen LogP contribution in [0.1, 0.15) is 32.3 Å². The number of benzene rings is 1. The van der Waals surface area contributed by atoms with Crippen LogP contribution in [0.5, 0.6) is 0 Å². The summed E-state index contributed by atoms with van der Waals surface area (Å²) >= 11 is 0. The van der Waals surface area contributed by atoms with Crippen LogP contribution in [-0.2, 0) is 15.1 Å². The molecule has 2 saturated heterocycles. The number of carbonyl (C=O) groups is 1. The molecular formula is C27H38F2N6O2. The van der Waals surface area contributed by atoms with Gasteiger partial charge in [-0.2, -0.15) is 0 Å². The molecule has 3 heterocycles. The number of rotatable bonds is 7. The van der Waals surface area contributed by atoms with Gasteiger partial charge in [-0.25, -0.2) is 8.78 Å². The number of halogens is 2. The van der Waals surface area contributed by atoms with Gasteiger partial charge in [0.1, 0.15) is 17.3 Å². The Hall–Kier alpha value is -2.98. The van der Waals surface area contributed by atoms with Crippen molar-refractivity contribution in [2.45, 2.75) is 32.2 Å². The molecule has 1 unspecified atom stereocenters. The van der Waals surface area contributed by atoms with Gasteiger partial charge in [0.2, 0.25) is 0 Å². The minimum Gasteiger partial charge on any atom is -0.381 e. The van der Waals surface area contributed by atoms with Crippen LogP contribution in [0.4, 0.5) is 14.5 Å². The van der Waals surface area contributed by atoms with Crippen molar-refractivity contribution in [2.24, 2.45) is 11.3 Å². The third-order valence-corrected chi connectivity index (χ3v) is 8.00. The van der Waals surface area contributed by atoms with Gasteiger partial charge in [-0.3, -0.25) is 10.2 Å². The Bertz CT molecular complexity index is 1100. The van der Waals surface area contributed by atoms with Crippen LogP contribution < -0.4 is 16.0 Å². The number of anilines is 1. The number of hydrogen-bond acceptors (Lipinski definition) is 5. The van der Waals surface area contributed by atoms with E-state index in [9.17, 15) is 9.18 Å². The summed E-state index contributed by atoms with van der Waals surface area (Å²) in [5, 5.41) is 17.4. The van der Waals surface area contributed by atoms with E-state index in [4.69, 9.17) is 10.1 Å². The summed E-state index contributed by atoms with van der Waals surface area (Å²) in [6.45, 7) is 8.15. The summed E-state index contributed by atoms with van der Waals surface area (Å²) in [7, 11) is 3.54. The van der Waals surface area contributed by atoms with Gasteiger partial charge in [0, 0.05) is 50.5 Å². The first-order valence-corrected chi connectivity index (χ1v) is 12.8. The van der Waals surface area contributed by atoms with Crippen LogP contribution in [0.15, 0.2) is 41.9 Å². The van der Waals surface area contributed by atoms with E-state index in [1.54, 1.807) is 25.1 Å². The van der Waals surface area contributed by atoms with Crippen LogP contribution in [0.25, 0.3) is 0 Å². The molecule has 3 aliphatic rings. The largest absolute Gasteiger partial charge is 0.381 e. The molecule has 0 radical (unpaired) electrons. The van der Waals surface area contributed by atoms with Crippen molar-refractivity contribution in [3.8, 4) is 0 Å². The van der Waals surface area contributed by atoms with Gasteiger partial charge in [0.25, 0.3) is 5.91 Å². The normalized spacial score (nSPS) is 25.5. The molecule has 4 N–H and O–H groups in total. The summed E-state index contributed by atoms with van der Waals surface area (Å²) in [4.78, 5) is 16.8. The van der Waals surface area contributed by atoms with Crippen LogP contribution in [0.3, 0.4) is 0 Å². The monoisotopic (exact) mass is 516 g/mol. The van der Waals surface area contributed by atoms with E-state index in [0.29, 0.717) is 17.2 Å². The molecule has 8 nitrogen and oxygen atoms in total. The highest BCUT2D eigenvalue weighted by atomic mass is 19.1. The van der Waals surface area contributed by atoms with Crippen LogP contribution in [0.2, 0.25) is 0 Å². The molecule has 0 bridgehead atoms. The van der Waals surface area contributed by atoms with Crippen LogP contribution >= 0.6 is 0 Å². The van der Waals surface area contributed by atoms with E-state index in [2.05, 4.69) is 27.8 Å². The van der Waals surface area contributed by atoms with E-state index in [1.807, 2.05) is 6.92 Å². The second-order valence-corrected chi connectivity index (χ2v) is 11.0. The van der Waals surface area contributed by atoms with Gasteiger partial charge < -0.3 is 30.5 Å². The molecule has 1 amide bonds. The van der Waals surface area contributed by atoms with E-state index in [-0.39, 0.29) is 24.0 Å². The van der Waals surface area contributed by atoms with E-state index in [0.717, 1.165) is 45.7 Å². The maximum atomic E-state index is 15.6. The Morgan fingerprint density at radius 3 is 2.78 bits per heavy atom. The lowest BCUT2D eigenvalue weighted by Gasteiger charge is -2.47. The van der Waals surface area contributed by atoms with Gasteiger partial charge in [-0.15, -0.1) is 0 Å². The molecule has 2 fully saturated rings. The fourth-order valence-electron chi connectivity index (χ4n) is 5.42. The second kappa shape index (κ2) is 10.8. The molecule has 1 aromatic carbocycles. The minimum absolute atomic E-state index is 0.0512. The molecule has 3 atom stereocenters. The minimum atomic E-state index is -0.950. The van der Waals surface area contributed by atoms with Crippen molar-refractivity contribution < 1.29 is 18.3 Å². The third-order valence-electron chi connectivity index (χ3n) is 8.00. The van der Waals surface area contributed by atoms with Crippen LogP contribution in [0, 0.1) is 22.6 Å². The summed E-state index contributed by atoms with van der Waals surface area (Å²) in [5.74, 6) is -0.531. The molecule has 0 spiro atoms. The SMILES string of the molecule is CN(C)C(=N)N[C@](C)(c1cc(NC(=O)C2=CC=C(F)CN2)ccc1F)[C@@]1(C)CCN(CC2CCOC2)C1. The lowest BCUT2D eigenvalue weighted by molar-refractivity contribution is -0.113. The van der Waals surface area contributed by atoms with E-state index >= 15 is 4.39 Å². The van der Waals surface area contributed by atoms with Crippen LogP contribution in [-0.4, -0.2) is 75.2 Å². The number of amides is 1. The van der Waals surface area contributed by atoms with Crippen molar-refractivity contribution in [3.05, 3.63) is 53.3 Å². The maximum Gasteiger partial charge on any atom is 0.271 e. The molecule has 3 aliphatic heterocycles. The smallest absolute Gasteiger partial charge is 0.271 e. The first-order valence-electron chi connectivity index (χ1n) is 12.8. The van der Waals surface area contributed by atoms with Crippen molar-refractivity contribution in [3.63, 3.8) is 0 Å². The Morgan fingerprint density at radius 1 is 1.35 bits per heavy atom. The fourth-order valence-corrected chi connectivity index (χ4v) is 5.42. The Labute approximate surface area is 217 Å². The zero-order valence-corrected chi connectivity index (χ0v) is 22.1. The number of guanidine groups is 1. The first-order chi connectivity index (χ1) is 17.5. The number of ether oxygens (including phenoxy) is 1. The lowest BCUT2D eigenvalue weighted by Crippen LogP contribution is -2.58. The quantitative estimate of drug-likeness (QED) is 0.329. The highest BCUT2D eigenvalue weighted by Gasteiger charge is 2.51. The predicted molar refractivity (Wildman–Crippen MR) is 140 cm³/mol. The van der Waals surface area contributed by atoms with E-state index in [1.165, 1.54) is 24.3 Å². The van der Waals surface area contributed by atoms with Crippen molar-refractivity contribution in [1.29, 1.82) is 5.41 Å². The number of allylic oxidation sites excluding steroid dienone is 2. The summed E-state index contributed by atoms with van der Waals surface area (Å²) in [6, 6.07) is 4.50. The van der Waals surface area contributed by atoms with Crippen molar-refractivity contribution in [1.82, 2.24) is 20.4 Å². The second-order valence-electron chi connectivity index (χ2n) is 11.0. The van der Waals surface area contributed by atoms with Gasteiger partial charge in [0.15, 0.2) is 5.96 Å². The maximum absolute atomic E-state index is 15.6. The fraction of sp³-hybridized carbons (Fsp3) is 0.556. The average Bonchev–Trinajstić information content (AvgIpc) is 3.51. The summed E-state index contributed by atoms with van der Waals surface area (Å²) in [6.07, 6.45) is 4.50. The Kier molecular flexibility index (Phi) is 7.89. The highest BCUT2D eigenvalue weighted by Crippen LogP contribution is 2.48. The van der Waals surface area contributed by atoms with Crippen molar-refractivity contribution in [2.75, 3.05) is 58.8 Å². The molecule has 0 aromatic heterocycles. The number of likely N-dealkylation sites (tertiary alicyclic amines) is 1. The standard InChI is InChI=1S/C27H38F2N6O2/c1-26(10-11-35(17-26)15-18-9-12-37-16-18)27(2,33-25(30)34(3)4)21-13-20(6-7-22(21)29)32-24(36)23-8-5-19(28)14-31-23/h5-8,13,18,31H,9-12,14-17H2,1-4H3,(H2,30,33)(H,32,36)/t18?,26-,27+/m0/s1. The number of carbonyl (C=O) groups excluding carboxylic acids is 1. The molecule has 202 valence electrons. The number of dihydropyridines is 1. The van der Waals surface area contributed by atoms with Crippen molar-refractivity contribution >= 4 is 17.6 Å². The summed E-state index contributed by atoms with van der Waals surface area (Å²) < 4.78 is 34.4. The topological polar surface area (TPSA) is 92.7 Å². The third kappa shape index (κ3) is 5.80. The zero-order valence-electron chi connectivity index (χ0n) is 22.1. The summed E-state index contributed by atoms with van der Waals surface area (Å²) in [5.41, 5.74) is -0.327. The van der Waals surface area contributed by atoms with Gasteiger partial charge in [-0.1, -0.05) is 6.92 Å². The number of hydrogen-bond donors (Lipinski definition) is 4. The molecule has 1 aromatic rings. The average molecular weight is 517 g/mol. The molecular weight excluding hydrogens is 478 g/mol. The first kappa shape index (κ1) is 27.1. The van der Waals surface area contributed by atoms with E-state index < -0.39 is 22.7 Å².